The molecule has 216 valence electrons. The molecule has 1 spiro atoms. The van der Waals surface area contributed by atoms with Crippen molar-refractivity contribution in [1.29, 1.82) is 0 Å². The second kappa shape index (κ2) is 10.7. The summed E-state index contributed by atoms with van der Waals surface area (Å²) in [6.07, 6.45) is 2.40. The first-order chi connectivity index (χ1) is 19.3. The molecule has 2 aromatic carbocycles. The Hall–Kier alpha value is -4.22. The fourth-order valence-electron chi connectivity index (χ4n) is 6.67. The molecule has 4 amide bonds. The lowest BCUT2D eigenvalue weighted by Crippen LogP contribution is -2.80. The number of nitrogens with one attached hydrogen (secondary N) is 4. The molecule has 12 heteroatoms. The summed E-state index contributed by atoms with van der Waals surface area (Å²) in [6.45, 7) is 0. The van der Waals surface area contributed by atoms with Gasteiger partial charge < -0.3 is 49.7 Å². The Labute approximate surface area is 233 Å². The molecular weight excluding hydrogens is 520 g/mol. The molecule has 12 nitrogen and oxygen atoms in total. The highest BCUT2D eigenvalue weighted by Crippen LogP contribution is 2.53. The van der Waals surface area contributed by atoms with E-state index in [1.165, 1.54) is 0 Å². The van der Waals surface area contributed by atoms with Crippen LogP contribution >= 0.6 is 0 Å². The minimum absolute atomic E-state index is 0.192. The van der Waals surface area contributed by atoms with Crippen molar-refractivity contribution >= 4 is 12.1 Å². The van der Waals surface area contributed by atoms with Crippen molar-refractivity contribution in [1.82, 2.24) is 21.3 Å². The zero-order valence-corrected chi connectivity index (χ0v) is 23.5. The lowest BCUT2D eigenvalue weighted by molar-refractivity contribution is -0.0125. The highest BCUT2D eigenvalue weighted by atomic mass is 16.5. The third-order valence-corrected chi connectivity index (χ3v) is 8.31. The Morgan fingerprint density at radius 2 is 0.950 bits per heavy atom. The average molecular weight is 557 g/mol. The van der Waals surface area contributed by atoms with Gasteiger partial charge in [-0.3, -0.25) is 0 Å². The van der Waals surface area contributed by atoms with E-state index in [1.54, 1.807) is 42.7 Å². The van der Waals surface area contributed by atoms with E-state index in [1.807, 2.05) is 24.3 Å². The maximum atomic E-state index is 13.3. The van der Waals surface area contributed by atoms with E-state index in [4.69, 9.17) is 28.4 Å². The Morgan fingerprint density at radius 1 is 0.600 bits per heavy atom. The van der Waals surface area contributed by atoms with Gasteiger partial charge in [-0.05, 0) is 48.2 Å². The monoisotopic (exact) mass is 556 g/mol. The van der Waals surface area contributed by atoms with Crippen LogP contribution in [0.25, 0.3) is 0 Å². The van der Waals surface area contributed by atoms with Crippen LogP contribution in [0.5, 0.6) is 34.5 Å². The minimum atomic E-state index is -1.03. The summed E-state index contributed by atoms with van der Waals surface area (Å²) >= 11 is 0. The van der Waals surface area contributed by atoms with Crippen LogP contribution in [-0.4, -0.2) is 60.4 Å². The van der Waals surface area contributed by atoms with Gasteiger partial charge in [-0.15, -0.1) is 0 Å². The SMILES string of the molecule is COc1cc(C2NC(=O)NC34NC(=O)NC(c5cc(OC)c(OC)c(OC)c5)C3CCCC24)cc(OC)c1OC. The zero-order chi connectivity index (χ0) is 28.6. The zero-order valence-electron chi connectivity index (χ0n) is 23.5. The van der Waals surface area contributed by atoms with E-state index in [0.717, 1.165) is 30.4 Å². The number of urea groups is 2. The van der Waals surface area contributed by atoms with Gasteiger partial charge >= 0.3 is 12.1 Å². The standard InChI is InChI=1S/C28H36N4O8/c1-35-18-10-14(11-19(36-2)24(18)39-5)22-16-8-7-9-17-23(30-27(34)32-28(16,17)31-26(33)29-22)15-12-20(37-3)25(40-6)21(13-15)38-4/h10-13,16-17,22-23H,7-9H2,1-6H3,(H2,29,31,33)(H2,30,32,34). The average Bonchev–Trinajstić information content (AvgIpc) is 2.97. The summed E-state index contributed by atoms with van der Waals surface area (Å²) in [4.78, 5) is 26.6. The Kier molecular flexibility index (Phi) is 7.35. The quantitative estimate of drug-likeness (QED) is 0.389. The molecule has 1 saturated carbocycles. The third kappa shape index (κ3) is 4.31. The summed E-state index contributed by atoms with van der Waals surface area (Å²) in [5.41, 5.74) is 0.539. The Bertz CT molecular complexity index is 1150. The molecule has 1 aliphatic carbocycles. The van der Waals surface area contributed by atoms with Crippen molar-refractivity contribution in [2.45, 2.75) is 37.0 Å². The van der Waals surface area contributed by atoms with Gasteiger partial charge in [0.2, 0.25) is 11.5 Å². The van der Waals surface area contributed by atoms with Crippen LogP contribution in [0.3, 0.4) is 0 Å². The lowest BCUT2D eigenvalue weighted by atomic mass is 9.62. The number of carbonyl (C=O) groups excluding carboxylic acids is 2. The van der Waals surface area contributed by atoms with E-state index < -0.39 is 17.7 Å². The van der Waals surface area contributed by atoms with Crippen LogP contribution in [0.4, 0.5) is 9.59 Å². The molecule has 2 aliphatic heterocycles. The Morgan fingerprint density at radius 3 is 1.25 bits per heavy atom. The van der Waals surface area contributed by atoms with Crippen molar-refractivity contribution in [2.24, 2.45) is 11.8 Å². The van der Waals surface area contributed by atoms with Crippen LogP contribution in [0.15, 0.2) is 24.3 Å². The summed E-state index contributed by atoms with van der Waals surface area (Å²) in [6, 6.07) is 5.72. The molecule has 4 atom stereocenters. The molecule has 0 bridgehead atoms. The van der Waals surface area contributed by atoms with E-state index in [2.05, 4.69) is 21.3 Å². The topological polar surface area (TPSA) is 138 Å². The largest absolute Gasteiger partial charge is 0.493 e. The fraction of sp³-hybridized carbons (Fsp3) is 0.500. The first-order valence-corrected chi connectivity index (χ1v) is 13.1. The van der Waals surface area contributed by atoms with Crippen molar-refractivity contribution in [3.63, 3.8) is 0 Å². The normalized spacial score (nSPS) is 26.9. The van der Waals surface area contributed by atoms with Crippen molar-refractivity contribution < 1.29 is 38.0 Å². The van der Waals surface area contributed by atoms with E-state index in [0.29, 0.717) is 34.5 Å². The predicted molar refractivity (Wildman–Crippen MR) is 145 cm³/mol. The van der Waals surface area contributed by atoms with Crippen LogP contribution in [0.2, 0.25) is 0 Å². The van der Waals surface area contributed by atoms with Crippen molar-refractivity contribution in [2.75, 3.05) is 42.7 Å². The van der Waals surface area contributed by atoms with Crippen LogP contribution in [0, 0.1) is 11.8 Å². The fourth-order valence-corrected chi connectivity index (χ4v) is 6.67. The van der Waals surface area contributed by atoms with Gasteiger partial charge in [0.15, 0.2) is 23.0 Å². The molecule has 3 aliphatic rings. The number of rotatable bonds is 8. The van der Waals surface area contributed by atoms with Crippen molar-refractivity contribution in [3.8, 4) is 34.5 Å². The first-order valence-electron chi connectivity index (χ1n) is 13.1. The summed E-state index contributed by atoms with van der Waals surface area (Å²) in [5.74, 6) is 2.47. The summed E-state index contributed by atoms with van der Waals surface area (Å²) < 4.78 is 33.3. The number of hydrogen-bond donors (Lipinski definition) is 4. The second-order valence-corrected chi connectivity index (χ2v) is 10.1. The molecule has 0 radical (unpaired) electrons. The maximum absolute atomic E-state index is 13.3. The molecule has 40 heavy (non-hydrogen) atoms. The van der Waals surface area contributed by atoms with Crippen LogP contribution < -0.4 is 49.7 Å². The number of ether oxygens (including phenoxy) is 6. The van der Waals surface area contributed by atoms with E-state index in [9.17, 15) is 9.59 Å². The number of carbonyl (C=O) groups is 2. The maximum Gasteiger partial charge on any atom is 0.317 e. The molecule has 4 N–H and O–H groups in total. The molecule has 3 fully saturated rings. The predicted octanol–water partition coefficient (Wildman–Crippen LogP) is 3.26. The smallest absolute Gasteiger partial charge is 0.317 e. The summed E-state index contributed by atoms with van der Waals surface area (Å²) in [7, 11) is 9.29. The molecule has 2 aromatic rings. The van der Waals surface area contributed by atoms with Gasteiger partial charge in [-0.25, -0.2) is 9.59 Å². The van der Waals surface area contributed by atoms with E-state index >= 15 is 0 Å². The highest BCUT2D eigenvalue weighted by Gasteiger charge is 2.60. The van der Waals surface area contributed by atoms with Crippen LogP contribution in [0.1, 0.15) is 42.5 Å². The minimum Gasteiger partial charge on any atom is -0.493 e. The van der Waals surface area contributed by atoms with E-state index in [-0.39, 0.29) is 23.9 Å². The van der Waals surface area contributed by atoms with Gasteiger partial charge in [-0.1, -0.05) is 6.42 Å². The first kappa shape index (κ1) is 27.4. The van der Waals surface area contributed by atoms with Crippen LogP contribution in [-0.2, 0) is 0 Å². The third-order valence-electron chi connectivity index (χ3n) is 8.31. The number of amides is 4. The van der Waals surface area contributed by atoms with Gasteiger partial charge in [0.1, 0.15) is 5.66 Å². The molecule has 2 saturated heterocycles. The van der Waals surface area contributed by atoms with Gasteiger partial charge in [0.25, 0.3) is 0 Å². The number of methoxy groups -OCH3 is 6. The van der Waals surface area contributed by atoms with Crippen molar-refractivity contribution in [3.05, 3.63) is 35.4 Å². The molecule has 2 heterocycles. The molecule has 4 unspecified atom stereocenters. The number of benzene rings is 2. The second-order valence-electron chi connectivity index (χ2n) is 10.1. The van der Waals surface area contributed by atoms with Gasteiger partial charge in [0, 0.05) is 11.8 Å². The summed E-state index contributed by atoms with van der Waals surface area (Å²) in [5, 5.41) is 12.4. The van der Waals surface area contributed by atoms with Gasteiger partial charge in [0.05, 0.1) is 54.7 Å². The Balaban J connectivity index is 1.61. The molecular formula is C28H36N4O8. The molecule has 0 aromatic heterocycles. The molecule has 5 rings (SSSR count). The van der Waals surface area contributed by atoms with Gasteiger partial charge in [-0.2, -0.15) is 0 Å². The highest BCUT2D eigenvalue weighted by molar-refractivity contribution is 5.82. The lowest BCUT2D eigenvalue weighted by Gasteiger charge is -2.59. The number of hydrogen-bond acceptors (Lipinski definition) is 8.